The van der Waals surface area contributed by atoms with Crippen LogP contribution in [0.4, 0.5) is 0 Å². The van der Waals surface area contributed by atoms with E-state index < -0.39 is 0 Å². The van der Waals surface area contributed by atoms with Crippen molar-refractivity contribution in [2.45, 2.75) is 116 Å². The molecule has 3 rings (SSSR count). The molecule has 1 saturated carbocycles. The Kier molecular flexibility index (Phi) is 8.17. The van der Waals surface area contributed by atoms with Crippen LogP contribution < -0.4 is 0 Å². The summed E-state index contributed by atoms with van der Waals surface area (Å²) < 4.78 is 5.47. The van der Waals surface area contributed by atoms with Crippen LogP contribution in [0.2, 0.25) is 0 Å². The zero-order valence-corrected chi connectivity index (χ0v) is 23.6. The van der Waals surface area contributed by atoms with Crippen molar-refractivity contribution in [2.75, 3.05) is 0 Å². The number of phenolic OH excluding ortho intramolecular Hbond substituents is 2. The molecule has 0 saturated heterocycles. The zero-order valence-electron chi connectivity index (χ0n) is 23.6. The summed E-state index contributed by atoms with van der Waals surface area (Å²) in [7, 11) is 0. The van der Waals surface area contributed by atoms with Gasteiger partial charge in [-0.3, -0.25) is 4.79 Å². The standard InChI is InChI=1S/C32H46O4/c1-21(2)36-29(35)17-14-22-11-9-10-18-32(22,23-12-15-27(33)25(19-23)30(3,4)5)24-13-16-28(34)26(20-24)31(6,7)8/h12-13,15-16,19-22,33-34H,9-11,14,17-18H2,1-8H3. The lowest BCUT2D eigenvalue weighted by molar-refractivity contribution is -0.147. The van der Waals surface area contributed by atoms with Gasteiger partial charge in [-0.2, -0.15) is 0 Å². The second kappa shape index (κ2) is 10.5. The first-order valence-electron chi connectivity index (χ1n) is 13.5. The molecular formula is C32H46O4. The van der Waals surface area contributed by atoms with Crippen LogP contribution in [0.25, 0.3) is 0 Å². The molecule has 36 heavy (non-hydrogen) atoms. The van der Waals surface area contributed by atoms with E-state index in [1.807, 2.05) is 26.0 Å². The first-order chi connectivity index (χ1) is 16.7. The summed E-state index contributed by atoms with van der Waals surface area (Å²) in [6, 6.07) is 12.2. The van der Waals surface area contributed by atoms with E-state index in [0.29, 0.717) is 17.9 Å². The van der Waals surface area contributed by atoms with Gasteiger partial charge in [0.2, 0.25) is 0 Å². The summed E-state index contributed by atoms with van der Waals surface area (Å²) in [6.45, 7) is 16.5. The number of carbonyl (C=O) groups excluding carboxylic acids is 1. The van der Waals surface area contributed by atoms with Gasteiger partial charge in [0, 0.05) is 11.8 Å². The molecular weight excluding hydrogens is 448 g/mol. The predicted octanol–water partition coefficient (Wildman–Crippen LogP) is 7.90. The van der Waals surface area contributed by atoms with Crippen molar-refractivity contribution in [3.05, 3.63) is 58.7 Å². The fourth-order valence-electron chi connectivity index (χ4n) is 6.00. The van der Waals surface area contributed by atoms with E-state index in [9.17, 15) is 15.0 Å². The Morgan fingerprint density at radius 1 is 0.917 bits per heavy atom. The third kappa shape index (κ3) is 5.90. The molecule has 0 spiro atoms. The molecule has 0 bridgehead atoms. The van der Waals surface area contributed by atoms with Crippen LogP contribution >= 0.6 is 0 Å². The SMILES string of the molecule is CC(C)OC(=O)CCC1CCCCC1(c1ccc(O)c(C(C)(C)C)c1)c1ccc(O)c(C(C)(C)C)c1. The maximum Gasteiger partial charge on any atom is 0.306 e. The minimum absolute atomic E-state index is 0.119. The number of aromatic hydroxyl groups is 2. The normalized spacial score (nSPS) is 18.3. The summed E-state index contributed by atoms with van der Waals surface area (Å²) in [6.07, 6.45) is 5.20. The molecule has 0 heterocycles. The van der Waals surface area contributed by atoms with Gasteiger partial charge >= 0.3 is 5.97 Å². The van der Waals surface area contributed by atoms with Crippen molar-refractivity contribution in [3.63, 3.8) is 0 Å². The van der Waals surface area contributed by atoms with Crippen molar-refractivity contribution in [1.29, 1.82) is 0 Å². The van der Waals surface area contributed by atoms with Gasteiger partial charge in [-0.05, 0) is 84.2 Å². The third-order valence-corrected chi connectivity index (χ3v) is 7.77. The van der Waals surface area contributed by atoms with Crippen LogP contribution in [0.1, 0.15) is 116 Å². The molecule has 1 fully saturated rings. The Balaban J connectivity index is 2.22. The average molecular weight is 495 g/mol. The third-order valence-electron chi connectivity index (χ3n) is 7.77. The Morgan fingerprint density at radius 2 is 1.42 bits per heavy atom. The van der Waals surface area contributed by atoms with Crippen LogP contribution in [0.15, 0.2) is 36.4 Å². The molecule has 2 N–H and O–H groups in total. The average Bonchev–Trinajstić information content (AvgIpc) is 2.76. The Morgan fingerprint density at radius 3 is 1.86 bits per heavy atom. The van der Waals surface area contributed by atoms with E-state index in [2.05, 4.69) is 65.8 Å². The molecule has 0 aliphatic heterocycles. The van der Waals surface area contributed by atoms with Crippen molar-refractivity contribution in [2.24, 2.45) is 5.92 Å². The quantitative estimate of drug-likeness (QED) is 0.401. The van der Waals surface area contributed by atoms with Crippen molar-refractivity contribution in [1.82, 2.24) is 0 Å². The van der Waals surface area contributed by atoms with Gasteiger partial charge in [-0.25, -0.2) is 0 Å². The van der Waals surface area contributed by atoms with E-state index in [4.69, 9.17) is 4.74 Å². The van der Waals surface area contributed by atoms with Crippen LogP contribution in [0.5, 0.6) is 11.5 Å². The maximum absolute atomic E-state index is 12.6. The van der Waals surface area contributed by atoms with Gasteiger partial charge in [0.25, 0.3) is 0 Å². The van der Waals surface area contributed by atoms with Gasteiger partial charge in [-0.15, -0.1) is 0 Å². The van der Waals surface area contributed by atoms with Gasteiger partial charge < -0.3 is 14.9 Å². The Labute approximate surface area is 218 Å². The molecule has 4 heteroatoms. The second-order valence-corrected chi connectivity index (χ2v) is 13.0. The first-order valence-corrected chi connectivity index (χ1v) is 13.5. The number of hydrogen-bond donors (Lipinski definition) is 2. The van der Waals surface area contributed by atoms with Crippen LogP contribution in [0.3, 0.4) is 0 Å². The lowest BCUT2D eigenvalue weighted by Gasteiger charge is -2.46. The molecule has 198 valence electrons. The molecule has 2 aromatic carbocycles. The molecule has 0 aromatic heterocycles. The predicted molar refractivity (Wildman–Crippen MR) is 147 cm³/mol. The van der Waals surface area contributed by atoms with Gasteiger partial charge in [0.05, 0.1) is 6.10 Å². The zero-order chi connectivity index (χ0) is 26.9. The van der Waals surface area contributed by atoms with E-state index in [1.54, 1.807) is 0 Å². The molecule has 4 nitrogen and oxygen atoms in total. The molecule has 1 aliphatic carbocycles. The minimum Gasteiger partial charge on any atom is -0.508 e. The van der Waals surface area contributed by atoms with E-state index in [1.165, 1.54) is 11.1 Å². The van der Waals surface area contributed by atoms with E-state index >= 15 is 0 Å². The molecule has 1 unspecified atom stereocenters. The van der Waals surface area contributed by atoms with Gasteiger partial charge in [0.1, 0.15) is 11.5 Å². The Bertz CT molecular complexity index is 1010. The number of rotatable bonds is 6. The van der Waals surface area contributed by atoms with Crippen molar-refractivity contribution >= 4 is 5.97 Å². The highest BCUT2D eigenvalue weighted by atomic mass is 16.5. The highest BCUT2D eigenvalue weighted by Gasteiger charge is 2.44. The first kappa shape index (κ1) is 28.1. The lowest BCUT2D eigenvalue weighted by Crippen LogP contribution is -2.40. The number of hydrogen-bond acceptors (Lipinski definition) is 4. The largest absolute Gasteiger partial charge is 0.508 e. The highest BCUT2D eigenvalue weighted by molar-refractivity contribution is 5.69. The monoisotopic (exact) mass is 494 g/mol. The fourth-order valence-corrected chi connectivity index (χ4v) is 6.00. The number of benzene rings is 2. The topological polar surface area (TPSA) is 66.8 Å². The molecule has 1 aliphatic rings. The van der Waals surface area contributed by atoms with Crippen LogP contribution in [0, 0.1) is 5.92 Å². The number of ether oxygens (including phenoxy) is 1. The van der Waals surface area contributed by atoms with Gasteiger partial charge in [0.15, 0.2) is 0 Å². The molecule has 1 atom stereocenters. The second-order valence-electron chi connectivity index (χ2n) is 13.0. The lowest BCUT2D eigenvalue weighted by atomic mass is 9.57. The summed E-state index contributed by atoms with van der Waals surface area (Å²) in [5, 5.41) is 21.5. The van der Waals surface area contributed by atoms with E-state index in [0.717, 1.165) is 43.2 Å². The fraction of sp³-hybridized carbons (Fsp3) is 0.594. The molecule has 0 radical (unpaired) electrons. The number of phenols is 2. The van der Waals surface area contributed by atoms with E-state index in [-0.39, 0.29) is 34.2 Å². The smallest absolute Gasteiger partial charge is 0.306 e. The van der Waals surface area contributed by atoms with Crippen molar-refractivity contribution in [3.8, 4) is 11.5 Å². The summed E-state index contributed by atoms with van der Waals surface area (Å²) in [5.41, 5.74) is 3.47. The summed E-state index contributed by atoms with van der Waals surface area (Å²) >= 11 is 0. The summed E-state index contributed by atoms with van der Waals surface area (Å²) in [4.78, 5) is 12.6. The number of carbonyl (C=O) groups is 1. The molecule has 0 amide bonds. The minimum atomic E-state index is -0.322. The van der Waals surface area contributed by atoms with Crippen LogP contribution in [-0.2, 0) is 25.8 Å². The van der Waals surface area contributed by atoms with Crippen LogP contribution in [-0.4, -0.2) is 22.3 Å². The number of esters is 1. The molecule has 2 aromatic rings. The Hall–Kier alpha value is -2.49. The van der Waals surface area contributed by atoms with Crippen molar-refractivity contribution < 1.29 is 19.7 Å². The summed E-state index contributed by atoms with van der Waals surface area (Å²) in [5.74, 6) is 0.720. The van der Waals surface area contributed by atoms with Gasteiger partial charge in [-0.1, -0.05) is 78.6 Å². The maximum atomic E-state index is 12.6. The highest BCUT2D eigenvalue weighted by Crippen LogP contribution is 2.52.